The molecule has 0 atom stereocenters. The molecule has 1 aromatic rings. The Morgan fingerprint density at radius 1 is 1.43 bits per heavy atom. The number of nitro benzene ring substituents is 1. The van der Waals surface area contributed by atoms with Crippen LogP contribution in [0.4, 0.5) is 16.2 Å². The normalized spacial score (nSPS) is 10.2. The Bertz CT molecular complexity index is 544. The summed E-state index contributed by atoms with van der Waals surface area (Å²) in [5.41, 5.74) is 0.157. The average Bonchev–Trinajstić information content (AvgIpc) is 2.38. The highest BCUT2D eigenvalue weighted by molar-refractivity contribution is 5.90. The molecule has 21 heavy (non-hydrogen) atoms. The number of carbonyl (C=O) groups is 2. The van der Waals surface area contributed by atoms with Gasteiger partial charge in [-0.05, 0) is 19.9 Å². The second-order valence-corrected chi connectivity index (χ2v) is 4.67. The Balaban J connectivity index is 2.79. The number of non-ortho nitro benzene ring substituents is 1. The molecule has 114 valence electrons. The van der Waals surface area contributed by atoms with E-state index in [4.69, 9.17) is 5.11 Å². The molecule has 0 aromatic heterocycles. The van der Waals surface area contributed by atoms with E-state index in [1.165, 1.54) is 29.2 Å². The maximum absolute atomic E-state index is 12.1. The fourth-order valence-corrected chi connectivity index (χ4v) is 1.70. The zero-order chi connectivity index (χ0) is 16.0. The van der Waals surface area contributed by atoms with Crippen LogP contribution < -0.4 is 5.32 Å². The van der Waals surface area contributed by atoms with Crippen molar-refractivity contribution in [1.82, 2.24) is 4.90 Å². The van der Waals surface area contributed by atoms with Gasteiger partial charge in [-0.25, -0.2) is 4.79 Å². The lowest BCUT2D eigenvalue weighted by atomic mass is 10.2. The zero-order valence-electron chi connectivity index (χ0n) is 11.8. The highest BCUT2D eigenvalue weighted by atomic mass is 16.6. The smallest absolute Gasteiger partial charge is 0.322 e. The fraction of sp³-hybridized carbons (Fsp3) is 0.385. The van der Waals surface area contributed by atoms with E-state index < -0.39 is 16.9 Å². The first-order chi connectivity index (χ1) is 9.81. The van der Waals surface area contributed by atoms with Crippen LogP contribution in [0.5, 0.6) is 0 Å². The SMILES string of the molecule is CC(C)N(CCC(=O)O)C(=O)Nc1cccc([N+](=O)[O-])c1. The molecule has 0 heterocycles. The van der Waals surface area contributed by atoms with Gasteiger partial charge in [-0.2, -0.15) is 0 Å². The number of nitrogens with zero attached hydrogens (tertiary/aromatic N) is 2. The third kappa shape index (κ3) is 5.09. The van der Waals surface area contributed by atoms with E-state index in [0.29, 0.717) is 0 Å². The quantitative estimate of drug-likeness (QED) is 0.617. The van der Waals surface area contributed by atoms with Gasteiger partial charge in [-0.1, -0.05) is 6.07 Å². The van der Waals surface area contributed by atoms with Crippen LogP contribution in [-0.4, -0.2) is 39.5 Å². The Hall–Kier alpha value is -2.64. The fourth-order valence-electron chi connectivity index (χ4n) is 1.70. The van der Waals surface area contributed by atoms with E-state index in [2.05, 4.69) is 5.32 Å². The summed E-state index contributed by atoms with van der Waals surface area (Å²) in [4.78, 5) is 34.2. The first-order valence-electron chi connectivity index (χ1n) is 6.35. The monoisotopic (exact) mass is 295 g/mol. The van der Waals surface area contributed by atoms with E-state index in [9.17, 15) is 19.7 Å². The lowest BCUT2D eigenvalue weighted by Gasteiger charge is -2.26. The molecule has 0 bridgehead atoms. The lowest BCUT2D eigenvalue weighted by molar-refractivity contribution is -0.384. The summed E-state index contributed by atoms with van der Waals surface area (Å²) < 4.78 is 0. The topological polar surface area (TPSA) is 113 Å². The van der Waals surface area contributed by atoms with Crippen molar-refractivity contribution < 1.29 is 19.6 Å². The van der Waals surface area contributed by atoms with E-state index in [1.807, 2.05) is 0 Å². The van der Waals surface area contributed by atoms with Gasteiger partial charge in [0.15, 0.2) is 0 Å². The molecule has 2 N–H and O–H groups in total. The predicted molar refractivity (Wildman–Crippen MR) is 76.2 cm³/mol. The molecule has 0 aliphatic heterocycles. The number of carbonyl (C=O) groups excluding carboxylic acids is 1. The Labute approximate surface area is 121 Å². The number of nitrogens with one attached hydrogen (secondary N) is 1. The number of hydrogen-bond donors (Lipinski definition) is 2. The van der Waals surface area contributed by atoms with Crippen LogP contribution in [0.2, 0.25) is 0 Å². The molecule has 0 aliphatic carbocycles. The summed E-state index contributed by atoms with van der Waals surface area (Å²) in [5.74, 6) is -0.996. The van der Waals surface area contributed by atoms with Crippen LogP contribution in [-0.2, 0) is 4.79 Å². The van der Waals surface area contributed by atoms with Crippen molar-refractivity contribution in [2.45, 2.75) is 26.3 Å². The van der Waals surface area contributed by atoms with Crippen molar-refractivity contribution in [3.8, 4) is 0 Å². The molecule has 0 fully saturated rings. The Kier molecular flexibility index (Phi) is 5.65. The number of amides is 2. The predicted octanol–water partition coefficient (Wildman–Crippen LogP) is 2.31. The van der Waals surface area contributed by atoms with Crippen LogP contribution in [0.1, 0.15) is 20.3 Å². The molecule has 0 saturated heterocycles. The minimum absolute atomic E-state index is 0.0633. The average molecular weight is 295 g/mol. The summed E-state index contributed by atoms with van der Waals surface area (Å²) in [6.45, 7) is 3.58. The molecule has 0 saturated carbocycles. The molecule has 8 nitrogen and oxygen atoms in total. The molecule has 0 radical (unpaired) electrons. The second-order valence-electron chi connectivity index (χ2n) is 4.67. The number of carboxylic acid groups (broad SMARTS) is 1. The van der Waals surface area contributed by atoms with Gasteiger partial charge in [0, 0.05) is 30.4 Å². The van der Waals surface area contributed by atoms with E-state index >= 15 is 0 Å². The van der Waals surface area contributed by atoms with Crippen molar-refractivity contribution >= 4 is 23.4 Å². The Morgan fingerprint density at radius 2 is 2.10 bits per heavy atom. The number of aliphatic carboxylic acids is 1. The summed E-state index contributed by atoms with van der Waals surface area (Å²) in [6.07, 6.45) is -0.166. The van der Waals surface area contributed by atoms with E-state index in [1.54, 1.807) is 13.8 Å². The van der Waals surface area contributed by atoms with Crippen molar-refractivity contribution in [3.05, 3.63) is 34.4 Å². The summed E-state index contributed by atoms with van der Waals surface area (Å²) in [7, 11) is 0. The van der Waals surface area contributed by atoms with Crippen LogP contribution in [0.15, 0.2) is 24.3 Å². The zero-order valence-corrected chi connectivity index (χ0v) is 11.8. The number of carboxylic acids is 1. The molecule has 1 aromatic carbocycles. The summed E-state index contributed by atoms with van der Waals surface area (Å²) in [6, 6.07) is 4.87. The lowest BCUT2D eigenvalue weighted by Crippen LogP contribution is -2.41. The maximum atomic E-state index is 12.1. The van der Waals surface area contributed by atoms with Gasteiger partial charge in [0.25, 0.3) is 5.69 Å². The van der Waals surface area contributed by atoms with Crippen molar-refractivity contribution in [2.75, 3.05) is 11.9 Å². The molecular formula is C13H17N3O5. The van der Waals surface area contributed by atoms with E-state index in [0.717, 1.165) is 0 Å². The van der Waals surface area contributed by atoms with Crippen LogP contribution in [0.3, 0.4) is 0 Å². The standard InChI is InChI=1S/C13H17N3O5/c1-9(2)15(7-6-12(17)18)13(19)14-10-4-3-5-11(8-10)16(20)21/h3-5,8-9H,6-7H2,1-2H3,(H,14,19)(H,17,18). The molecule has 0 aliphatic rings. The van der Waals surface area contributed by atoms with Gasteiger partial charge in [0.1, 0.15) is 0 Å². The number of rotatable bonds is 6. The van der Waals surface area contributed by atoms with E-state index in [-0.39, 0.29) is 30.4 Å². The van der Waals surface area contributed by atoms with Crippen LogP contribution in [0, 0.1) is 10.1 Å². The second kappa shape index (κ2) is 7.22. The van der Waals surface area contributed by atoms with Crippen LogP contribution in [0.25, 0.3) is 0 Å². The molecular weight excluding hydrogens is 278 g/mol. The number of anilines is 1. The van der Waals surface area contributed by atoms with Gasteiger partial charge < -0.3 is 15.3 Å². The highest BCUT2D eigenvalue weighted by Crippen LogP contribution is 2.17. The summed E-state index contributed by atoms with van der Waals surface area (Å²) >= 11 is 0. The molecule has 0 spiro atoms. The molecule has 2 amide bonds. The number of benzene rings is 1. The highest BCUT2D eigenvalue weighted by Gasteiger charge is 2.18. The van der Waals surface area contributed by atoms with Gasteiger partial charge in [-0.15, -0.1) is 0 Å². The maximum Gasteiger partial charge on any atom is 0.322 e. The minimum atomic E-state index is -0.996. The third-order valence-corrected chi connectivity index (χ3v) is 2.76. The number of nitro groups is 1. The van der Waals surface area contributed by atoms with Gasteiger partial charge in [0.2, 0.25) is 0 Å². The first kappa shape index (κ1) is 16.4. The van der Waals surface area contributed by atoms with Crippen molar-refractivity contribution in [3.63, 3.8) is 0 Å². The summed E-state index contributed by atoms with van der Waals surface area (Å²) in [5, 5.41) is 21.9. The molecule has 8 heteroatoms. The van der Waals surface area contributed by atoms with Crippen molar-refractivity contribution in [1.29, 1.82) is 0 Å². The largest absolute Gasteiger partial charge is 0.481 e. The molecule has 1 rings (SSSR count). The first-order valence-corrected chi connectivity index (χ1v) is 6.35. The van der Waals surface area contributed by atoms with Gasteiger partial charge in [-0.3, -0.25) is 14.9 Å². The third-order valence-electron chi connectivity index (χ3n) is 2.76. The van der Waals surface area contributed by atoms with Gasteiger partial charge in [0.05, 0.1) is 11.3 Å². The van der Waals surface area contributed by atoms with Crippen LogP contribution >= 0.6 is 0 Å². The van der Waals surface area contributed by atoms with Gasteiger partial charge >= 0.3 is 12.0 Å². The minimum Gasteiger partial charge on any atom is -0.481 e. The molecule has 0 unspecified atom stereocenters. The number of hydrogen-bond acceptors (Lipinski definition) is 4. The Morgan fingerprint density at radius 3 is 2.62 bits per heavy atom. The van der Waals surface area contributed by atoms with Crippen molar-refractivity contribution in [2.24, 2.45) is 0 Å². The number of urea groups is 1.